The molecule has 140 valence electrons. The van der Waals surface area contributed by atoms with Crippen LogP contribution in [0, 0.1) is 0 Å². The lowest BCUT2D eigenvalue weighted by Gasteiger charge is -2.22. The summed E-state index contributed by atoms with van der Waals surface area (Å²) < 4.78 is 32.7. The Kier molecular flexibility index (Phi) is 8.11. The van der Waals surface area contributed by atoms with Crippen LogP contribution in [0.3, 0.4) is 0 Å². The number of hydrogen-bond acceptors (Lipinski definition) is 5. The second-order valence-electron chi connectivity index (χ2n) is 6.52. The zero-order chi connectivity index (χ0) is 19.1. The zero-order valence-corrected chi connectivity index (χ0v) is 17.2. The maximum Gasteiger partial charge on any atom is 0.408 e. The third kappa shape index (κ3) is 11.0. The number of carbonyl (C=O) groups excluding carboxylic acids is 1. The number of amides is 1. The largest absolute Gasteiger partial charge is 0.444 e. The quantitative estimate of drug-likeness (QED) is 0.666. The van der Waals surface area contributed by atoms with E-state index in [2.05, 4.69) is 21.2 Å². The third-order valence-corrected chi connectivity index (χ3v) is 3.83. The fourth-order valence-electron chi connectivity index (χ4n) is 1.91. The minimum absolute atomic E-state index is 0.139. The molecular weight excluding hydrogens is 410 g/mol. The van der Waals surface area contributed by atoms with E-state index in [1.165, 1.54) is 0 Å². The van der Waals surface area contributed by atoms with Gasteiger partial charge in [-0.1, -0.05) is 46.3 Å². The molecule has 0 aromatic heterocycles. The van der Waals surface area contributed by atoms with E-state index in [1.54, 1.807) is 26.8 Å². The highest BCUT2D eigenvalue weighted by Gasteiger charge is 2.19. The minimum atomic E-state index is -3.54. The van der Waals surface area contributed by atoms with Gasteiger partial charge in [-0.25, -0.2) is 4.79 Å². The molecule has 1 rings (SSSR count). The molecule has 0 saturated heterocycles. The van der Waals surface area contributed by atoms with Gasteiger partial charge in [0.25, 0.3) is 10.1 Å². The maximum absolute atomic E-state index is 12.1. The van der Waals surface area contributed by atoms with Crippen LogP contribution in [0.4, 0.5) is 4.79 Å². The van der Waals surface area contributed by atoms with Crippen molar-refractivity contribution in [2.24, 2.45) is 0 Å². The summed E-state index contributed by atoms with van der Waals surface area (Å²) in [7, 11) is -3.54. The van der Waals surface area contributed by atoms with Crippen LogP contribution >= 0.6 is 15.9 Å². The smallest absolute Gasteiger partial charge is 0.408 e. The van der Waals surface area contributed by atoms with Crippen LogP contribution in [0.15, 0.2) is 40.9 Å². The first-order chi connectivity index (χ1) is 11.4. The van der Waals surface area contributed by atoms with Crippen LogP contribution < -0.4 is 5.32 Å². The molecule has 1 aromatic rings. The van der Waals surface area contributed by atoms with Crippen molar-refractivity contribution in [2.75, 3.05) is 12.9 Å². The molecule has 0 fully saturated rings. The Morgan fingerprint density at radius 2 is 1.88 bits per heavy atom. The highest BCUT2D eigenvalue weighted by atomic mass is 79.9. The van der Waals surface area contributed by atoms with Crippen LogP contribution in [-0.4, -0.2) is 39.0 Å². The highest BCUT2D eigenvalue weighted by Crippen LogP contribution is 2.13. The second kappa shape index (κ2) is 9.35. The van der Waals surface area contributed by atoms with E-state index >= 15 is 0 Å². The van der Waals surface area contributed by atoms with Gasteiger partial charge in [0.05, 0.1) is 18.9 Å². The van der Waals surface area contributed by atoms with Crippen molar-refractivity contribution < 1.29 is 22.1 Å². The lowest BCUT2D eigenvalue weighted by Crippen LogP contribution is -2.39. The van der Waals surface area contributed by atoms with E-state index in [0.29, 0.717) is 10.9 Å². The Labute approximate surface area is 157 Å². The van der Waals surface area contributed by atoms with Crippen molar-refractivity contribution in [3.05, 3.63) is 46.5 Å². The molecule has 0 unspecified atom stereocenters. The number of carbonyl (C=O) groups is 1. The lowest BCUT2D eigenvalue weighted by molar-refractivity contribution is 0.0514. The molecule has 1 N–H and O–H groups in total. The Morgan fingerprint density at radius 3 is 2.40 bits per heavy atom. The number of nitrogens with one attached hydrogen (secondary N) is 1. The topological polar surface area (TPSA) is 81.7 Å². The molecule has 0 aliphatic rings. The molecule has 25 heavy (non-hydrogen) atoms. The molecule has 1 atom stereocenters. The van der Waals surface area contributed by atoms with Crippen LogP contribution in [-0.2, 0) is 25.5 Å². The molecule has 8 heteroatoms. The van der Waals surface area contributed by atoms with Gasteiger partial charge in [0, 0.05) is 4.48 Å². The van der Waals surface area contributed by atoms with Gasteiger partial charge in [0.1, 0.15) is 5.60 Å². The maximum atomic E-state index is 12.1. The van der Waals surface area contributed by atoms with E-state index in [4.69, 9.17) is 8.92 Å². The van der Waals surface area contributed by atoms with E-state index in [-0.39, 0.29) is 6.61 Å². The van der Waals surface area contributed by atoms with Gasteiger partial charge < -0.3 is 10.1 Å². The van der Waals surface area contributed by atoms with Crippen LogP contribution in [0.1, 0.15) is 26.3 Å². The molecular formula is C17H24BrNO5S. The number of ether oxygens (including phenoxy) is 1. The van der Waals surface area contributed by atoms with Crippen molar-refractivity contribution in [3.8, 4) is 0 Å². The average Bonchev–Trinajstić information content (AvgIpc) is 2.43. The Morgan fingerprint density at radius 1 is 1.28 bits per heavy atom. The molecule has 0 spiro atoms. The summed E-state index contributed by atoms with van der Waals surface area (Å²) in [6, 6.07) is 9.22. The predicted octanol–water partition coefficient (Wildman–Crippen LogP) is 3.38. The standard InChI is InChI=1S/C17H24BrNO5S/c1-17(2,3)24-16(20)19-15(10-13-8-6-5-7-9-13)11-14(18)12-23-25(4,21)22/h5-9,11,15H,10,12H2,1-4H3,(H,19,20)/b14-11+/t15-/m0/s1. The molecule has 0 radical (unpaired) electrons. The van der Waals surface area contributed by atoms with Crippen molar-refractivity contribution >= 4 is 32.1 Å². The van der Waals surface area contributed by atoms with E-state index in [9.17, 15) is 13.2 Å². The van der Waals surface area contributed by atoms with Crippen LogP contribution in [0.5, 0.6) is 0 Å². The SMILES string of the molecule is CC(C)(C)OC(=O)N[C@H](/C=C(/Br)COS(C)(=O)=O)Cc1ccccc1. The van der Waals surface area contributed by atoms with Crippen LogP contribution in [0.2, 0.25) is 0 Å². The number of rotatable bonds is 7. The summed E-state index contributed by atoms with van der Waals surface area (Å²) in [5.41, 5.74) is 0.408. The van der Waals surface area contributed by atoms with E-state index < -0.39 is 27.9 Å². The number of hydrogen-bond donors (Lipinski definition) is 1. The number of halogens is 1. The van der Waals surface area contributed by atoms with Gasteiger partial charge >= 0.3 is 6.09 Å². The van der Waals surface area contributed by atoms with Crippen molar-refractivity contribution in [3.63, 3.8) is 0 Å². The van der Waals surface area contributed by atoms with Gasteiger partial charge in [-0.2, -0.15) is 8.42 Å². The lowest BCUT2D eigenvalue weighted by atomic mass is 10.1. The molecule has 6 nitrogen and oxygen atoms in total. The molecule has 0 aliphatic carbocycles. The Balaban J connectivity index is 2.85. The highest BCUT2D eigenvalue weighted by molar-refractivity contribution is 9.11. The normalized spacial score (nSPS) is 14.0. The van der Waals surface area contributed by atoms with E-state index in [1.807, 2.05) is 30.3 Å². The van der Waals surface area contributed by atoms with Crippen LogP contribution in [0.25, 0.3) is 0 Å². The van der Waals surface area contributed by atoms with Crippen molar-refractivity contribution in [1.29, 1.82) is 0 Å². The van der Waals surface area contributed by atoms with Gasteiger partial charge in [-0.05, 0) is 38.8 Å². The molecule has 0 heterocycles. The summed E-state index contributed by atoms with van der Waals surface area (Å²) in [5.74, 6) is 0. The average molecular weight is 434 g/mol. The summed E-state index contributed by atoms with van der Waals surface area (Å²) >= 11 is 3.28. The third-order valence-electron chi connectivity index (χ3n) is 2.79. The number of benzene rings is 1. The Bertz CT molecular complexity index is 695. The van der Waals surface area contributed by atoms with Crippen molar-refractivity contribution in [2.45, 2.75) is 38.8 Å². The fourth-order valence-corrected chi connectivity index (χ4v) is 2.83. The second-order valence-corrected chi connectivity index (χ2v) is 9.18. The Hall–Kier alpha value is -1.38. The number of alkyl carbamates (subject to hydrolysis) is 1. The van der Waals surface area contributed by atoms with E-state index in [0.717, 1.165) is 11.8 Å². The first kappa shape index (κ1) is 21.7. The molecule has 1 aromatic carbocycles. The fraction of sp³-hybridized carbons (Fsp3) is 0.471. The molecule has 0 saturated carbocycles. The van der Waals surface area contributed by atoms with Gasteiger partial charge in [0.15, 0.2) is 0 Å². The molecule has 0 bridgehead atoms. The minimum Gasteiger partial charge on any atom is -0.444 e. The van der Waals surface area contributed by atoms with Gasteiger partial charge in [-0.3, -0.25) is 4.18 Å². The van der Waals surface area contributed by atoms with Gasteiger partial charge in [0.2, 0.25) is 0 Å². The summed E-state index contributed by atoms with van der Waals surface area (Å²) in [6.07, 6.45) is 2.65. The first-order valence-electron chi connectivity index (χ1n) is 7.69. The molecule has 1 amide bonds. The zero-order valence-electron chi connectivity index (χ0n) is 14.8. The molecule has 0 aliphatic heterocycles. The summed E-state index contributed by atoms with van der Waals surface area (Å²) in [4.78, 5) is 12.1. The van der Waals surface area contributed by atoms with Crippen molar-refractivity contribution in [1.82, 2.24) is 5.32 Å². The van der Waals surface area contributed by atoms with Gasteiger partial charge in [-0.15, -0.1) is 0 Å². The predicted molar refractivity (Wildman–Crippen MR) is 101 cm³/mol. The monoisotopic (exact) mass is 433 g/mol. The first-order valence-corrected chi connectivity index (χ1v) is 10.3. The summed E-state index contributed by atoms with van der Waals surface area (Å²) in [6.45, 7) is 5.21. The summed E-state index contributed by atoms with van der Waals surface area (Å²) in [5, 5.41) is 2.78.